The number of anilines is 1. The second kappa shape index (κ2) is 7.38. The minimum Gasteiger partial charge on any atom is -0.310 e. The standard InChI is InChI=1S/C23H21ClFN3O/c24-17-1-4-22(27-12-17)28-23(29)16-9-13-7-15(8-14(13)10-16)19-5-6-26-21-3-2-18(25)11-20(19)21/h1-6,11-16H,7-10H2,(H,27,28,29). The van der Waals surface area contributed by atoms with Crippen molar-refractivity contribution in [1.29, 1.82) is 0 Å². The van der Waals surface area contributed by atoms with Gasteiger partial charge in [0.15, 0.2) is 0 Å². The van der Waals surface area contributed by atoms with Gasteiger partial charge in [0, 0.05) is 23.7 Å². The van der Waals surface area contributed by atoms with Crippen LogP contribution in [-0.4, -0.2) is 15.9 Å². The fourth-order valence-corrected chi connectivity index (χ4v) is 5.37. The second-order valence-corrected chi connectivity index (χ2v) is 8.71. The van der Waals surface area contributed by atoms with E-state index in [2.05, 4.69) is 15.3 Å². The van der Waals surface area contributed by atoms with Gasteiger partial charge in [-0.3, -0.25) is 9.78 Å². The first-order valence-electron chi connectivity index (χ1n) is 10.0. The molecule has 6 heteroatoms. The Bertz CT molecular complexity index is 1060. The maximum absolute atomic E-state index is 13.8. The highest BCUT2D eigenvalue weighted by Crippen LogP contribution is 2.53. The molecule has 2 atom stereocenters. The number of aromatic nitrogens is 2. The van der Waals surface area contributed by atoms with Crippen LogP contribution in [0.1, 0.15) is 37.2 Å². The number of carbonyl (C=O) groups is 1. The number of fused-ring (bicyclic) bond motifs is 2. The lowest BCUT2D eigenvalue weighted by molar-refractivity contribution is -0.119. The predicted molar refractivity (Wildman–Crippen MR) is 111 cm³/mol. The summed E-state index contributed by atoms with van der Waals surface area (Å²) >= 11 is 5.85. The van der Waals surface area contributed by atoms with Crippen molar-refractivity contribution in [3.05, 3.63) is 65.2 Å². The molecule has 2 saturated carbocycles. The molecule has 2 fully saturated rings. The lowest BCUT2D eigenvalue weighted by atomic mass is 9.90. The molecule has 0 bridgehead atoms. The number of nitrogens with zero attached hydrogens (tertiary/aromatic N) is 2. The van der Waals surface area contributed by atoms with Crippen LogP contribution < -0.4 is 5.32 Å². The van der Waals surface area contributed by atoms with Crippen LogP contribution in [0, 0.1) is 23.6 Å². The molecule has 2 aromatic heterocycles. The van der Waals surface area contributed by atoms with E-state index in [-0.39, 0.29) is 17.6 Å². The number of hydrogen-bond donors (Lipinski definition) is 1. The number of carbonyl (C=O) groups excluding carboxylic acids is 1. The van der Waals surface area contributed by atoms with Gasteiger partial charge in [-0.15, -0.1) is 0 Å². The molecule has 1 N–H and O–H groups in total. The molecular weight excluding hydrogens is 389 g/mol. The van der Waals surface area contributed by atoms with Crippen molar-refractivity contribution in [2.75, 3.05) is 5.32 Å². The first-order valence-corrected chi connectivity index (χ1v) is 10.4. The fourth-order valence-electron chi connectivity index (χ4n) is 5.26. The van der Waals surface area contributed by atoms with Gasteiger partial charge in [-0.1, -0.05) is 11.6 Å². The van der Waals surface area contributed by atoms with Crippen LogP contribution in [0.3, 0.4) is 0 Å². The summed E-state index contributed by atoms with van der Waals surface area (Å²) in [5.41, 5.74) is 2.03. The predicted octanol–water partition coefficient (Wildman–Crippen LogP) is 5.58. The SMILES string of the molecule is O=C(Nc1ccc(Cl)cn1)C1CC2CC(c3ccnc4ccc(F)cc34)CC2C1. The Balaban J connectivity index is 1.27. The highest BCUT2D eigenvalue weighted by Gasteiger charge is 2.44. The third-order valence-corrected chi connectivity index (χ3v) is 6.77. The molecule has 0 aliphatic heterocycles. The van der Waals surface area contributed by atoms with Gasteiger partial charge >= 0.3 is 0 Å². The topological polar surface area (TPSA) is 54.9 Å². The third-order valence-electron chi connectivity index (χ3n) is 6.54. The van der Waals surface area contributed by atoms with E-state index in [0.29, 0.717) is 28.6 Å². The molecule has 5 rings (SSSR count). The first kappa shape index (κ1) is 18.5. The summed E-state index contributed by atoms with van der Waals surface area (Å²) in [6.07, 6.45) is 7.24. The molecule has 0 spiro atoms. The largest absolute Gasteiger partial charge is 0.310 e. The van der Waals surface area contributed by atoms with Gasteiger partial charge in [0.05, 0.1) is 10.5 Å². The molecule has 0 saturated heterocycles. The summed E-state index contributed by atoms with van der Waals surface area (Å²) in [6, 6.07) is 10.3. The van der Waals surface area contributed by atoms with Crippen LogP contribution >= 0.6 is 11.6 Å². The van der Waals surface area contributed by atoms with Gasteiger partial charge in [-0.2, -0.15) is 0 Å². The Morgan fingerprint density at radius 1 is 1.03 bits per heavy atom. The van der Waals surface area contributed by atoms with Crippen LogP contribution in [0.5, 0.6) is 0 Å². The zero-order valence-electron chi connectivity index (χ0n) is 15.8. The Morgan fingerprint density at radius 2 is 1.83 bits per heavy atom. The first-order chi connectivity index (χ1) is 14.1. The van der Waals surface area contributed by atoms with Gasteiger partial charge in [0.2, 0.25) is 5.91 Å². The second-order valence-electron chi connectivity index (χ2n) is 8.27. The van der Waals surface area contributed by atoms with E-state index in [4.69, 9.17) is 11.6 Å². The van der Waals surface area contributed by atoms with E-state index in [1.165, 1.54) is 17.8 Å². The van der Waals surface area contributed by atoms with Gasteiger partial charge in [-0.05, 0) is 85.4 Å². The molecular formula is C23H21ClFN3O. The van der Waals surface area contributed by atoms with E-state index in [9.17, 15) is 9.18 Å². The molecule has 29 heavy (non-hydrogen) atoms. The summed E-state index contributed by atoms with van der Waals surface area (Å²) in [7, 11) is 0. The molecule has 2 heterocycles. The summed E-state index contributed by atoms with van der Waals surface area (Å²) in [4.78, 5) is 21.2. The Labute approximate surface area is 173 Å². The van der Waals surface area contributed by atoms with Crippen molar-refractivity contribution < 1.29 is 9.18 Å². The average molecular weight is 410 g/mol. The summed E-state index contributed by atoms with van der Waals surface area (Å²) in [5.74, 6) is 1.85. The van der Waals surface area contributed by atoms with E-state index in [1.807, 2.05) is 12.3 Å². The minimum atomic E-state index is -0.225. The normalized spacial score (nSPS) is 25.9. The zero-order valence-corrected chi connectivity index (χ0v) is 16.6. The molecule has 0 radical (unpaired) electrons. The van der Waals surface area contributed by atoms with Crippen molar-refractivity contribution >= 4 is 34.2 Å². The van der Waals surface area contributed by atoms with Crippen molar-refractivity contribution in [2.24, 2.45) is 17.8 Å². The lowest BCUT2D eigenvalue weighted by Crippen LogP contribution is -2.22. The molecule has 2 unspecified atom stereocenters. The molecule has 3 aromatic rings. The maximum Gasteiger partial charge on any atom is 0.228 e. The van der Waals surface area contributed by atoms with E-state index >= 15 is 0 Å². The minimum absolute atomic E-state index is 0.0232. The summed E-state index contributed by atoms with van der Waals surface area (Å²) < 4.78 is 13.8. The molecule has 148 valence electrons. The van der Waals surface area contributed by atoms with Crippen molar-refractivity contribution in [3.63, 3.8) is 0 Å². The summed E-state index contributed by atoms with van der Waals surface area (Å²) in [6.45, 7) is 0. The number of rotatable bonds is 3. The Hall–Kier alpha value is -2.53. The van der Waals surface area contributed by atoms with Crippen LogP contribution in [-0.2, 0) is 4.79 Å². The van der Waals surface area contributed by atoms with Gasteiger partial charge < -0.3 is 5.32 Å². The number of pyridine rings is 2. The van der Waals surface area contributed by atoms with Crippen molar-refractivity contribution in [3.8, 4) is 0 Å². The number of halogens is 2. The quantitative estimate of drug-likeness (QED) is 0.614. The van der Waals surface area contributed by atoms with Crippen molar-refractivity contribution in [2.45, 2.75) is 31.6 Å². The van der Waals surface area contributed by atoms with E-state index < -0.39 is 0 Å². The summed E-state index contributed by atoms with van der Waals surface area (Å²) in [5, 5.41) is 4.38. The fraction of sp³-hybridized carbons (Fsp3) is 0.348. The van der Waals surface area contributed by atoms with Crippen LogP contribution in [0.25, 0.3) is 10.9 Å². The van der Waals surface area contributed by atoms with Gasteiger partial charge in [0.25, 0.3) is 0 Å². The molecule has 1 aromatic carbocycles. The maximum atomic E-state index is 13.8. The number of nitrogens with one attached hydrogen (secondary N) is 1. The highest BCUT2D eigenvalue weighted by atomic mass is 35.5. The Morgan fingerprint density at radius 3 is 2.55 bits per heavy atom. The smallest absolute Gasteiger partial charge is 0.228 e. The number of amides is 1. The number of hydrogen-bond acceptors (Lipinski definition) is 3. The molecule has 2 aliphatic rings. The average Bonchev–Trinajstić information content (AvgIpc) is 3.28. The van der Waals surface area contributed by atoms with Crippen molar-refractivity contribution in [1.82, 2.24) is 9.97 Å². The van der Waals surface area contributed by atoms with Gasteiger partial charge in [-0.25, -0.2) is 9.37 Å². The third kappa shape index (κ3) is 3.60. The zero-order chi connectivity index (χ0) is 20.0. The highest BCUT2D eigenvalue weighted by molar-refractivity contribution is 6.30. The molecule has 1 amide bonds. The molecule has 2 aliphatic carbocycles. The van der Waals surface area contributed by atoms with Crippen LogP contribution in [0.15, 0.2) is 48.8 Å². The van der Waals surface area contributed by atoms with Crippen LogP contribution in [0.4, 0.5) is 10.2 Å². The lowest BCUT2D eigenvalue weighted by Gasteiger charge is -2.16. The molecule has 4 nitrogen and oxygen atoms in total. The van der Waals surface area contributed by atoms with E-state index in [1.54, 1.807) is 24.3 Å². The van der Waals surface area contributed by atoms with E-state index in [0.717, 1.165) is 36.6 Å². The Kier molecular flexibility index (Phi) is 4.70. The van der Waals surface area contributed by atoms with Crippen LogP contribution in [0.2, 0.25) is 5.02 Å². The van der Waals surface area contributed by atoms with Gasteiger partial charge in [0.1, 0.15) is 11.6 Å². The number of benzene rings is 1. The monoisotopic (exact) mass is 409 g/mol.